The van der Waals surface area contributed by atoms with Gasteiger partial charge in [0.25, 0.3) is 0 Å². The Morgan fingerprint density at radius 2 is 1.75 bits per heavy atom. The largest absolute Gasteiger partial charge is 0.398 e. The number of hydrogen-bond donors (Lipinski definition) is 1. The van der Waals surface area contributed by atoms with E-state index in [0.29, 0.717) is 22.7 Å². The molecule has 0 bridgehead atoms. The van der Waals surface area contributed by atoms with Crippen LogP contribution in [0.5, 0.6) is 0 Å². The van der Waals surface area contributed by atoms with Crippen molar-refractivity contribution in [2.75, 3.05) is 5.73 Å². The molecule has 2 aromatic carbocycles. The lowest BCUT2D eigenvalue weighted by molar-refractivity contribution is 0.103. The monoisotopic (exact) mass is 267 g/mol. The van der Waals surface area contributed by atoms with Crippen LogP contribution in [0.2, 0.25) is 0 Å². The number of nitrogens with two attached hydrogens (primary N) is 1. The highest BCUT2D eigenvalue weighted by Crippen LogP contribution is 2.22. The molecule has 20 heavy (non-hydrogen) atoms. The third-order valence-electron chi connectivity index (χ3n) is 3.66. The number of rotatable bonds is 4. The summed E-state index contributed by atoms with van der Waals surface area (Å²) in [6.07, 6.45) is 0.833. The highest BCUT2D eigenvalue weighted by molar-refractivity contribution is 6.12. The lowest BCUT2D eigenvalue weighted by atomic mass is 9.95. The number of para-hydroxylation sites is 1. The summed E-state index contributed by atoms with van der Waals surface area (Å²) in [6.45, 7) is 6.32. The van der Waals surface area contributed by atoms with E-state index < -0.39 is 0 Å². The summed E-state index contributed by atoms with van der Waals surface area (Å²) >= 11 is 0. The summed E-state index contributed by atoms with van der Waals surface area (Å²) in [7, 11) is 0. The summed E-state index contributed by atoms with van der Waals surface area (Å²) in [5.41, 5.74) is 10.2. The Labute approximate surface area is 120 Å². The van der Waals surface area contributed by atoms with E-state index in [1.165, 1.54) is 5.56 Å². The third-order valence-corrected chi connectivity index (χ3v) is 3.66. The van der Waals surface area contributed by atoms with Crippen LogP contribution < -0.4 is 5.73 Å². The van der Waals surface area contributed by atoms with E-state index in [4.69, 9.17) is 5.73 Å². The molecule has 0 aromatic heterocycles. The van der Waals surface area contributed by atoms with Crippen LogP contribution in [0.3, 0.4) is 0 Å². The Morgan fingerprint density at radius 1 is 1.10 bits per heavy atom. The highest BCUT2D eigenvalue weighted by atomic mass is 16.1. The van der Waals surface area contributed by atoms with Gasteiger partial charge in [-0.25, -0.2) is 0 Å². The molecule has 2 rings (SSSR count). The molecule has 0 saturated carbocycles. The fourth-order valence-electron chi connectivity index (χ4n) is 2.29. The molecule has 0 unspecified atom stereocenters. The second kappa shape index (κ2) is 5.91. The van der Waals surface area contributed by atoms with Crippen molar-refractivity contribution in [3.63, 3.8) is 0 Å². The molecule has 2 nitrogen and oxygen atoms in total. The van der Waals surface area contributed by atoms with E-state index in [9.17, 15) is 4.79 Å². The van der Waals surface area contributed by atoms with Gasteiger partial charge in [0.15, 0.2) is 5.78 Å². The van der Waals surface area contributed by atoms with Crippen molar-refractivity contribution < 1.29 is 4.79 Å². The number of carbonyl (C=O) groups excluding carboxylic acids is 1. The van der Waals surface area contributed by atoms with E-state index in [1.807, 2.05) is 43.3 Å². The Kier molecular flexibility index (Phi) is 4.23. The van der Waals surface area contributed by atoms with Gasteiger partial charge < -0.3 is 5.73 Å². The van der Waals surface area contributed by atoms with Crippen LogP contribution in [-0.2, 0) is 6.42 Å². The molecule has 2 heteroatoms. The Morgan fingerprint density at radius 3 is 2.30 bits per heavy atom. The maximum Gasteiger partial charge on any atom is 0.195 e. The lowest BCUT2D eigenvalue weighted by Crippen LogP contribution is -2.07. The summed E-state index contributed by atoms with van der Waals surface area (Å²) in [6, 6.07) is 13.5. The number of hydrogen-bond acceptors (Lipinski definition) is 2. The van der Waals surface area contributed by atoms with Crippen molar-refractivity contribution in [3.8, 4) is 0 Å². The third kappa shape index (κ3) is 2.74. The van der Waals surface area contributed by atoms with Gasteiger partial charge in [0.1, 0.15) is 0 Å². The molecule has 2 aromatic rings. The zero-order valence-electron chi connectivity index (χ0n) is 12.3. The summed E-state index contributed by atoms with van der Waals surface area (Å²) < 4.78 is 0. The van der Waals surface area contributed by atoms with Gasteiger partial charge in [0.2, 0.25) is 0 Å². The van der Waals surface area contributed by atoms with E-state index >= 15 is 0 Å². The van der Waals surface area contributed by atoms with E-state index in [2.05, 4.69) is 13.8 Å². The topological polar surface area (TPSA) is 43.1 Å². The Bertz CT molecular complexity index is 612. The first-order chi connectivity index (χ1) is 9.54. The van der Waals surface area contributed by atoms with Crippen LogP contribution >= 0.6 is 0 Å². The van der Waals surface area contributed by atoms with Crippen LogP contribution in [-0.4, -0.2) is 5.78 Å². The van der Waals surface area contributed by atoms with Gasteiger partial charge in [0, 0.05) is 16.8 Å². The molecule has 0 spiro atoms. The van der Waals surface area contributed by atoms with Crippen molar-refractivity contribution in [2.24, 2.45) is 0 Å². The normalized spacial score (nSPS) is 10.8. The molecule has 0 amide bonds. The predicted octanol–water partition coefficient (Wildman–Crippen LogP) is 4.19. The van der Waals surface area contributed by atoms with Crippen LogP contribution in [0.25, 0.3) is 0 Å². The highest BCUT2D eigenvalue weighted by Gasteiger charge is 2.14. The molecule has 0 fully saturated rings. The van der Waals surface area contributed by atoms with E-state index in [1.54, 1.807) is 6.07 Å². The summed E-state index contributed by atoms with van der Waals surface area (Å²) in [4.78, 5) is 12.5. The molecule has 0 aliphatic rings. The quantitative estimate of drug-likeness (QED) is 0.667. The van der Waals surface area contributed by atoms with E-state index in [-0.39, 0.29) is 5.78 Å². The SMILES string of the molecule is CCc1cccc(C(=O)c2ccc(C(C)C)cc2)c1N. The average molecular weight is 267 g/mol. The number of anilines is 1. The van der Waals surface area contributed by atoms with Crippen LogP contribution in [0, 0.1) is 0 Å². The van der Waals surface area contributed by atoms with Gasteiger partial charge >= 0.3 is 0 Å². The number of ketones is 1. The molecule has 104 valence electrons. The fourth-order valence-corrected chi connectivity index (χ4v) is 2.29. The van der Waals surface area contributed by atoms with Crippen LogP contribution in [0.1, 0.15) is 53.7 Å². The first kappa shape index (κ1) is 14.3. The molecule has 0 aliphatic carbocycles. The van der Waals surface area contributed by atoms with Crippen molar-refractivity contribution >= 4 is 11.5 Å². The van der Waals surface area contributed by atoms with E-state index in [0.717, 1.165) is 12.0 Å². The number of aryl methyl sites for hydroxylation is 1. The first-order valence-electron chi connectivity index (χ1n) is 7.06. The minimum atomic E-state index is -0.00638. The standard InChI is InChI=1S/C18H21NO/c1-4-13-6-5-7-16(17(13)19)18(20)15-10-8-14(9-11-15)12(2)3/h5-12H,4,19H2,1-3H3. The second-order valence-electron chi connectivity index (χ2n) is 5.34. The Hall–Kier alpha value is -2.09. The van der Waals surface area contributed by atoms with Crippen LogP contribution in [0.15, 0.2) is 42.5 Å². The van der Waals surface area contributed by atoms with Crippen molar-refractivity contribution in [3.05, 3.63) is 64.7 Å². The molecule has 2 N–H and O–H groups in total. The number of benzene rings is 2. The summed E-state index contributed by atoms with van der Waals surface area (Å²) in [5.74, 6) is 0.459. The van der Waals surface area contributed by atoms with Gasteiger partial charge in [-0.15, -0.1) is 0 Å². The van der Waals surface area contributed by atoms with Gasteiger partial charge in [-0.05, 0) is 29.5 Å². The molecular formula is C18H21NO. The maximum atomic E-state index is 12.5. The zero-order valence-corrected chi connectivity index (χ0v) is 12.3. The lowest BCUT2D eigenvalue weighted by Gasteiger charge is -2.10. The molecule has 0 radical (unpaired) electrons. The molecule has 0 heterocycles. The molecular weight excluding hydrogens is 246 g/mol. The summed E-state index contributed by atoms with van der Waals surface area (Å²) in [5, 5.41) is 0. The fraction of sp³-hybridized carbons (Fsp3) is 0.278. The molecule has 0 atom stereocenters. The van der Waals surface area contributed by atoms with Crippen molar-refractivity contribution in [2.45, 2.75) is 33.1 Å². The minimum absolute atomic E-state index is 0.00638. The van der Waals surface area contributed by atoms with Crippen LogP contribution in [0.4, 0.5) is 5.69 Å². The number of nitrogen functional groups attached to an aromatic ring is 1. The molecule has 0 aliphatic heterocycles. The Balaban J connectivity index is 2.36. The van der Waals surface area contributed by atoms with Gasteiger partial charge in [0.05, 0.1) is 0 Å². The van der Waals surface area contributed by atoms with Crippen molar-refractivity contribution in [1.29, 1.82) is 0 Å². The van der Waals surface area contributed by atoms with Gasteiger partial charge in [-0.1, -0.05) is 57.2 Å². The maximum absolute atomic E-state index is 12.5. The van der Waals surface area contributed by atoms with Crippen molar-refractivity contribution in [1.82, 2.24) is 0 Å². The second-order valence-corrected chi connectivity index (χ2v) is 5.34. The minimum Gasteiger partial charge on any atom is -0.398 e. The molecule has 0 saturated heterocycles. The average Bonchev–Trinajstić information content (AvgIpc) is 2.47. The van der Waals surface area contributed by atoms with Gasteiger partial charge in [-0.3, -0.25) is 4.79 Å². The van der Waals surface area contributed by atoms with Gasteiger partial charge in [-0.2, -0.15) is 0 Å². The predicted molar refractivity (Wildman–Crippen MR) is 84.2 cm³/mol. The smallest absolute Gasteiger partial charge is 0.195 e. The zero-order chi connectivity index (χ0) is 14.7. The number of carbonyl (C=O) groups is 1. The first-order valence-corrected chi connectivity index (χ1v) is 7.06.